The van der Waals surface area contributed by atoms with E-state index in [4.69, 9.17) is 16.2 Å². The molecule has 0 aromatic carbocycles. The zero-order valence-electron chi connectivity index (χ0n) is 17.4. The van der Waals surface area contributed by atoms with Crippen LogP contribution < -0.4 is 11.5 Å². The molecule has 0 aromatic rings. The number of guanidine groups is 1. The number of aliphatic imine (C=N–C) groups is 1. The van der Waals surface area contributed by atoms with Crippen LogP contribution in [0.15, 0.2) is 16.6 Å². The third-order valence-corrected chi connectivity index (χ3v) is 8.71. The van der Waals surface area contributed by atoms with Crippen LogP contribution in [0.3, 0.4) is 0 Å². The maximum atomic E-state index is 12.2. The van der Waals surface area contributed by atoms with Gasteiger partial charge in [0.2, 0.25) is 5.79 Å². The van der Waals surface area contributed by atoms with Crippen LogP contribution >= 0.6 is 0 Å². The molecule has 160 valence electrons. The highest BCUT2D eigenvalue weighted by molar-refractivity contribution is 5.91. The molecule has 5 N–H and O–H groups in total. The van der Waals surface area contributed by atoms with Crippen LogP contribution in [-0.2, 0) is 14.3 Å². The van der Waals surface area contributed by atoms with Gasteiger partial charge in [-0.25, -0.2) is 9.79 Å². The summed E-state index contributed by atoms with van der Waals surface area (Å²) in [6, 6.07) is 0. The quantitative estimate of drug-likeness (QED) is 0.286. The van der Waals surface area contributed by atoms with Gasteiger partial charge < -0.3 is 21.3 Å². The van der Waals surface area contributed by atoms with Crippen LogP contribution in [0, 0.1) is 28.6 Å². The fourth-order valence-corrected chi connectivity index (χ4v) is 7.08. The van der Waals surface area contributed by atoms with Gasteiger partial charge in [0.15, 0.2) is 11.7 Å². The van der Waals surface area contributed by atoms with Crippen molar-refractivity contribution in [3.05, 3.63) is 11.6 Å². The van der Waals surface area contributed by atoms with Crippen LogP contribution in [0.5, 0.6) is 0 Å². The van der Waals surface area contributed by atoms with Gasteiger partial charge in [0, 0.05) is 18.3 Å². The first kappa shape index (κ1) is 20.4. The van der Waals surface area contributed by atoms with Gasteiger partial charge in [0.1, 0.15) is 6.54 Å². The molecule has 0 amide bonds. The van der Waals surface area contributed by atoms with Crippen LogP contribution in [0.25, 0.3) is 0 Å². The van der Waals surface area contributed by atoms with E-state index in [1.54, 1.807) is 0 Å². The van der Waals surface area contributed by atoms with E-state index in [1.165, 1.54) is 5.57 Å². The number of nitrogens with two attached hydrogens (primary N) is 2. The van der Waals surface area contributed by atoms with Crippen molar-refractivity contribution < 1.29 is 19.4 Å². The van der Waals surface area contributed by atoms with Gasteiger partial charge in [-0.15, -0.1) is 0 Å². The Morgan fingerprint density at radius 2 is 1.90 bits per heavy atom. The summed E-state index contributed by atoms with van der Waals surface area (Å²) in [7, 11) is 0. The van der Waals surface area contributed by atoms with Gasteiger partial charge in [0.05, 0.1) is 0 Å². The summed E-state index contributed by atoms with van der Waals surface area (Å²) < 4.78 is 5.59. The maximum absolute atomic E-state index is 12.2. The van der Waals surface area contributed by atoms with Gasteiger partial charge in [-0.3, -0.25) is 4.79 Å². The third kappa shape index (κ3) is 3.09. The molecule has 4 aliphatic carbocycles. The van der Waals surface area contributed by atoms with E-state index in [-0.39, 0.29) is 23.7 Å². The summed E-state index contributed by atoms with van der Waals surface area (Å²) in [6.07, 6.45) is 8.55. The number of carbonyl (C=O) groups excluding carboxylic acids is 2. The number of carbonyl (C=O) groups is 2. The lowest BCUT2D eigenvalue weighted by Gasteiger charge is -2.58. The molecule has 3 fully saturated rings. The molecular weight excluding hydrogens is 370 g/mol. The Kier molecular flexibility index (Phi) is 4.80. The minimum absolute atomic E-state index is 0.0862. The average Bonchev–Trinajstić information content (AvgIpc) is 2.91. The molecule has 4 rings (SSSR count). The van der Waals surface area contributed by atoms with E-state index in [1.807, 2.05) is 6.08 Å². The van der Waals surface area contributed by atoms with Crippen molar-refractivity contribution in [2.45, 2.75) is 71.0 Å². The summed E-state index contributed by atoms with van der Waals surface area (Å²) in [6.45, 7) is 4.13. The molecule has 0 heterocycles. The molecule has 7 nitrogen and oxygen atoms in total. The number of esters is 1. The number of nitrogens with zero attached hydrogens (tertiary/aromatic N) is 1. The topological polar surface area (TPSA) is 128 Å². The van der Waals surface area contributed by atoms with Crippen molar-refractivity contribution in [1.82, 2.24) is 0 Å². The lowest BCUT2D eigenvalue weighted by Crippen LogP contribution is -2.56. The first-order chi connectivity index (χ1) is 13.6. The highest BCUT2D eigenvalue weighted by atomic mass is 16.7. The number of hydrogen-bond donors (Lipinski definition) is 3. The molecule has 29 heavy (non-hydrogen) atoms. The Bertz CT molecular complexity index is 789. The predicted octanol–water partition coefficient (Wildman–Crippen LogP) is 2.02. The second-order valence-corrected chi connectivity index (χ2v) is 9.96. The molecule has 0 unspecified atom stereocenters. The van der Waals surface area contributed by atoms with Crippen molar-refractivity contribution in [2.24, 2.45) is 45.0 Å². The zero-order valence-corrected chi connectivity index (χ0v) is 17.4. The lowest BCUT2D eigenvalue weighted by molar-refractivity contribution is -0.263. The SMILES string of the molecule is C[C@]12CCC(=O)C=C1CC[C@@H]1[C@@H]2CC[C@@]2(C)[C@H]1CC[C@@]2(O)OC(=O)CN=C(N)N. The van der Waals surface area contributed by atoms with Gasteiger partial charge in [-0.1, -0.05) is 19.4 Å². The molecule has 0 radical (unpaired) electrons. The van der Waals surface area contributed by atoms with Crippen molar-refractivity contribution in [2.75, 3.05) is 6.54 Å². The first-order valence-electron chi connectivity index (χ1n) is 10.8. The molecule has 6 atom stereocenters. The Labute approximate surface area is 171 Å². The number of fused-ring (bicyclic) bond motifs is 5. The fourth-order valence-electron chi connectivity index (χ4n) is 7.08. The van der Waals surface area contributed by atoms with Gasteiger partial charge in [-0.05, 0) is 67.8 Å². The second kappa shape index (κ2) is 6.83. The van der Waals surface area contributed by atoms with Crippen molar-refractivity contribution in [3.63, 3.8) is 0 Å². The Morgan fingerprint density at radius 3 is 2.62 bits per heavy atom. The van der Waals surface area contributed by atoms with Crippen LogP contribution in [0.4, 0.5) is 0 Å². The summed E-state index contributed by atoms with van der Waals surface area (Å²) in [4.78, 5) is 27.9. The molecular formula is C22H33N3O4. The largest absolute Gasteiger partial charge is 0.431 e. The van der Waals surface area contributed by atoms with Crippen molar-refractivity contribution in [3.8, 4) is 0 Å². The second-order valence-electron chi connectivity index (χ2n) is 9.96. The summed E-state index contributed by atoms with van der Waals surface area (Å²) in [5, 5.41) is 11.4. The zero-order chi connectivity index (χ0) is 21.0. The number of ether oxygens (including phenoxy) is 1. The molecule has 0 aliphatic heterocycles. The maximum Gasteiger partial charge on any atom is 0.330 e. The van der Waals surface area contributed by atoms with E-state index in [0.29, 0.717) is 30.6 Å². The minimum atomic E-state index is -1.47. The first-order valence-corrected chi connectivity index (χ1v) is 10.8. The number of aliphatic hydroxyl groups is 1. The lowest BCUT2D eigenvalue weighted by atomic mass is 9.47. The smallest absolute Gasteiger partial charge is 0.330 e. The molecule has 7 heteroatoms. The van der Waals surface area contributed by atoms with Gasteiger partial charge in [0.25, 0.3) is 0 Å². The minimum Gasteiger partial charge on any atom is -0.431 e. The van der Waals surface area contributed by atoms with Gasteiger partial charge in [-0.2, -0.15) is 0 Å². The van der Waals surface area contributed by atoms with Crippen molar-refractivity contribution in [1.29, 1.82) is 0 Å². The molecule has 0 aromatic heterocycles. The van der Waals surface area contributed by atoms with Gasteiger partial charge >= 0.3 is 5.97 Å². The highest BCUT2D eigenvalue weighted by Crippen LogP contribution is 2.67. The van der Waals surface area contributed by atoms with Crippen LogP contribution in [-0.4, -0.2) is 35.2 Å². The molecule has 3 saturated carbocycles. The normalized spacial score (nSPS) is 43.5. The fraction of sp³-hybridized carbons (Fsp3) is 0.773. The number of hydrogen-bond acceptors (Lipinski definition) is 5. The number of rotatable bonds is 3. The highest BCUT2D eigenvalue weighted by Gasteiger charge is 2.65. The standard InChI is InChI=1S/C22H33N3O4/c1-20-8-5-14(26)11-13(20)3-4-15-16(20)6-9-21(2)17(15)7-10-22(21,28)29-18(27)12-25-19(23)24/h11,15-17,28H,3-10,12H2,1-2H3,(H4,23,24,25)/t15-,16+,17+,20+,21+,22-/m1/s1. The molecule has 0 bridgehead atoms. The predicted molar refractivity (Wildman–Crippen MR) is 108 cm³/mol. The monoisotopic (exact) mass is 403 g/mol. The van der Waals surface area contributed by atoms with E-state index < -0.39 is 17.2 Å². The Hall–Kier alpha value is -1.89. The summed E-state index contributed by atoms with van der Waals surface area (Å²) in [5.74, 6) is -0.676. The van der Waals surface area contributed by atoms with E-state index in [2.05, 4.69) is 18.8 Å². The van der Waals surface area contributed by atoms with Crippen LogP contribution in [0.2, 0.25) is 0 Å². The van der Waals surface area contributed by atoms with E-state index >= 15 is 0 Å². The van der Waals surface area contributed by atoms with Crippen molar-refractivity contribution >= 4 is 17.7 Å². The number of allylic oxidation sites excluding steroid dienone is 1. The Morgan fingerprint density at radius 1 is 1.17 bits per heavy atom. The molecule has 0 saturated heterocycles. The van der Waals surface area contributed by atoms with Crippen LogP contribution in [0.1, 0.15) is 65.2 Å². The third-order valence-electron chi connectivity index (χ3n) is 8.71. The molecule has 0 spiro atoms. The van der Waals surface area contributed by atoms with E-state index in [9.17, 15) is 14.7 Å². The Balaban J connectivity index is 1.56. The molecule has 4 aliphatic rings. The number of ketones is 1. The average molecular weight is 404 g/mol. The summed E-state index contributed by atoms with van der Waals surface area (Å²) >= 11 is 0. The summed E-state index contributed by atoms with van der Waals surface area (Å²) in [5.41, 5.74) is 11.5. The van der Waals surface area contributed by atoms with E-state index in [0.717, 1.165) is 38.5 Å².